The summed E-state index contributed by atoms with van der Waals surface area (Å²) in [5.74, 6) is -0.946. The molecule has 1 aromatic rings. The molecule has 1 atom stereocenters. The Balaban J connectivity index is 3.09. The summed E-state index contributed by atoms with van der Waals surface area (Å²) in [6.45, 7) is 3.54. The first-order chi connectivity index (χ1) is 7.00. The minimum absolute atomic E-state index is 0.1000. The third kappa shape index (κ3) is 2.27. The maximum Gasteiger partial charge on any atom is 0.340 e. The predicted octanol–water partition coefficient (Wildman–Crippen LogP) is 1.73. The van der Waals surface area contributed by atoms with Gasteiger partial charge < -0.3 is 14.9 Å². The lowest BCUT2D eigenvalue weighted by atomic mass is 9.96. The number of hydrogen-bond donors (Lipinski definition) is 2. The van der Waals surface area contributed by atoms with Crippen molar-refractivity contribution in [2.45, 2.75) is 19.4 Å². The summed E-state index contributed by atoms with van der Waals surface area (Å²) in [5, 5.41) is 18.2. The summed E-state index contributed by atoms with van der Waals surface area (Å²) in [4.78, 5) is 11.1. The van der Waals surface area contributed by atoms with Gasteiger partial charge in [0.2, 0.25) is 0 Å². The largest absolute Gasteiger partial charge is 0.508 e. The van der Waals surface area contributed by atoms with Gasteiger partial charge in [-0.05, 0) is 31.5 Å². The molecule has 82 valence electrons. The van der Waals surface area contributed by atoms with Gasteiger partial charge in [0.15, 0.2) is 5.60 Å². The first-order valence-electron chi connectivity index (χ1n) is 4.67. The molecule has 0 saturated heterocycles. The lowest BCUT2D eigenvalue weighted by Gasteiger charge is -2.25. The molecule has 0 spiro atoms. The Hall–Kier alpha value is -1.55. The third-order valence-corrected chi connectivity index (χ3v) is 2.26. The second-order valence-electron chi connectivity index (χ2n) is 3.32. The molecule has 4 heteroatoms. The predicted molar refractivity (Wildman–Crippen MR) is 54.7 cm³/mol. The minimum atomic E-state index is -1.36. The number of phenolic OH excluding ortho intramolecular Hbond substituents is 1. The van der Waals surface area contributed by atoms with Crippen LogP contribution in [0.15, 0.2) is 24.3 Å². The summed E-state index contributed by atoms with van der Waals surface area (Å²) >= 11 is 0. The first kappa shape index (κ1) is 11.5. The van der Waals surface area contributed by atoms with Crippen LogP contribution in [0.1, 0.15) is 19.4 Å². The van der Waals surface area contributed by atoms with Gasteiger partial charge in [0, 0.05) is 6.61 Å². The average Bonchev–Trinajstić information content (AvgIpc) is 2.18. The van der Waals surface area contributed by atoms with Crippen molar-refractivity contribution in [3.8, 4) is 5.75 Å². The van der Waals surface area contributed by atoms with Gasteiger partial charge in [-0.25, -0.2) is 4.79 Å². The molecule has 1 rings (SSSR count). The SMILES string of the molecule is CCOC(C)(C(=O)O)c1ccc(O)cc1. The van der Waals surface area contributed by atoms with E-state index in [0.29, 0.717) is 12.2 Å². The van der Waals surface area contributed by atoms with E-state index in [1.54, 1.807) is 19.1 Å². The number of carboxylic acids is 1. The zero-order valence-corrected chi connectivity index (χ0v) is 8.73. The summed E-state index contributed by atoms with van der Waals surface area (Å²) in [6.07, 6.45) is 0. The molecule has 0 heterocycles. The quantitative estimate of drug-likeness (QED) is 0.794. The number of aromatic hydroxyl groups is 1. The molecular formula is C11H14O4. The van der Waals surface area contributed by atoms with E-state index >= 15 is 0 Å². The van der Waals surface area contributed by atoms with E-state index in [2.05, 4.69) is 0 Å². The molecular weight excluding hydrogens is 196 g/mol. The van der Waals surface area contributed by atoms with Crippen molar-refractivity contribution in [3.05, 3.63) is 29.8 Å². The van der Waals surface area contributed by atoms with Crippen LogP contribution in [0.25, 0.3) is 0 Å². The molecule has 0 bridgehead atoms. The highest BCUT2D eigenvalue weighted by molar-refractivity contribution is 5.79. The van der Waals surface area contributed by atoms with E-state index in [9.17, 15) is 4.79 Å². The molecule has 15 heavy (non-hydrogen) atoms. The summed E-state index contributed by atoms with van der Waals surface area (Å²) in [7, 11) is 0. The molecule has 0 aliphatic rings. The second-order valence-corrected chi connectivity index (χ2v) is 3.32. The molecule has 0 aromatic heterocycles. The van der Waals surface area contributed by atoms with E-state index in [1.807, 2.05) is 0 Å². The van der Waals surface area contributed by atoms with Crippen molar-refractivity contribution < 1.29 is 19.7 Å². The van der Waals surface area contributed by atoms with Gasteiger partial charge in [-0.2, -0.15) is 0 Å². The van der Waals surface area contributed by atoms with Gasteiger partial charge in [0.1, 0.15) is 5.75 Å². The zero-order valence-electron chi connectivity index (χ0n) is 8.73. The lowest BCUT2D eigenvalue weighted by molar-refractivity contribution is -0.164. The third-order valence-electron chi connectivity index (χ3n) is 2.26. The smallest absolute Gasteiger partial charge is 0.340 e. The minimum Gasteiger partial charge on any atom is -0.508 e. The maximum atomic E-state index is 11.1. The van der Waals surface area contributed by atoms with Crippen LogP contribution in [-0.4, -0.2) is 22.8 Å². The number of hydrogen-bond acceptors (Lipinski definition) is 3. The van der Waals surface area contributed by atoms with Gasteiger partial charge in [-0.1, -0.05) is 12.1 Å². The monoisotopic (exact) mass is 210 g/mol. The van der Waals surface area contributed by atoms with Gasteiger partial charge in [-0.15, -0.1) is 0 Å². The molecule has 2 N–H and O–H groups in total. The Bertz CT molecular complexity index is 344. The molecule has 4 nitrogen and oxygen atoms in total. The van der Waals surface area contributed by atoms with Crippen LogP contribution in [0, 0.1) is 0 Å². The van der Waals surface area contributed by atoms with E-state index in [-0.39, 0.29) is 5.75 Å². The van der Waals surface area contributed by atoms with Crippen LogP contribution < -0.4 is 0 Å². The van der Waals surface area contributed by atoms with Crippen molar-refractivity contribution in [1.82, 2.24) is 0 Å². The fourth-order valence-electron chi connectivity index (χ4n) is 1.34. The fourth-order valence-corrected chi connectivity index (χ4v) is 1.34. The standard InChI is InChI=1S/C11H14O4/c1-3-15-11(2,10(13)14)8-4-6-9(12)7-5-8/h4-7,12H,3H2,1-2H3,(H,13,14). The van der Waals surface area contributed by atoms with Crippen molar-refractivity contribution in [1.29, 1.82) is 0 Å². The molecule has 1 unspecified atom stereocenters. The average molecular weight is 210 g/mol. The number of phenols is 1. The van der Waals surface area contributed by atoms with Crippen molar-refractivity contribution in [3.63, 3.8) is 0 Å². The van der Waals surface area contributed by atoms with Crippen LogP contribution >= 0.6 is 0 Å². The molecule has 0 fully saturated rings. The zero-order chi connectivity index (χ0) is 11.5. The number of ether oxygens (including phenoxy) is 1. The summed E-state index contributed by atoms with van der Waals surface area (Å²) in [5.41, 5.74) is -0.850. The van der Waals surface area contributed by atoms with Crippen molar-refractivity contribution in [2.75, 3.05) is 6.61 Å². The summed E-state index contributed by atoms with van der Waals surface area (Å²) < 4.78 is 5.24. The van der Waals surface area contributed by atoms with Crippen LogP contribution in [0.3, 0.4) is 0 Å². The van der Waals surface area contributed by atoms with Gasteiger partial charge in [0.25, 0.3) is 0 Å². The number of carboxylic acid groups (broad SMARTS) is 1. The van der Waals surface area contributed by atoms with Crippen LogP contribution in [-0.2, 0) is 15.1 Å². The molecule has 0 amide bonds. The highest BCUT2D eigenvalue weighted by atomic mass is 16.5. The Labute approximate surface area is 88.1 Å². The first-order valence-corrected chi connectivity index (χ1v) is 4.67. The van der Waals surface area contributed by atoms with Crippen LogP contribution in [0.4, 0.5) is 0 Å². The number of benzene rings is 1. The Morgan fingerprint density at radius 2 is 1.93 bits per heavy atom. The molecule has 1 aromatic carbocycles. The Morgan fingerprint density at radius 3 is 2.33 bits per heavy atom. The van der Waals surface area contributed by atoms with E-state index < -0.39 is 11.6 Å². The normalized spacial score (nSPS) is 14.5. The number of rotatable bonds is 4. The second kappa shape index (κ2) is 4.31. The Kier molecular flexibility index (Phi) is 3.31. The van der Waals surface area contributed by atoms with Gasteiger partial charge in [-0.3, -0.25) is 0 Å². The molecule has 0 aliphatic heterocycles. The fraction of sp³-hybridized carbons (Fsp3) is 0.364. The summed E-state index contributed by atoms with van der Waals surface area (Å²) in [6, 6.07) is 5.96. The molecule has 0 aliphatic carbocycles. The van der Waals surface area contributed by atoms with Gasteiger partial charge >= 0.3 is 5.97 Å². The van der Waals surface area contributed by atoms with E-state index in [1.165, 1.54) is 19.1 Å². The highest BCUT2D eigenvalue weighted by Crippen LogP contribution is 2.27. The topological polar surface area (TPSA) is 66.8 Å². The number of aliphatic carboxylic acids is 1. The van der Waals surface area contributed by atoms with Crippen LogP contribution in [0.5, 0.6) is 5.75 Å². The molecule has 0 radical (unpaired) electrons. The van der Waals surface area contributed by atoms with Crippen LogP contribution in [0.2, 0.25) is 0 Å². The molecule has 0 saturated carbocycles. The van der Waals surface area contributed by atoms with Crippen molar-refractivity contribution in [2.24, 2.45) is 0 Å². The highest BCUT2D eigenvalue weighted by Gasteiger charge is 2.35. The van der Waals surface area contributed by atoms with E-state index in [4.69, 9.17) is 14.9 Å². The van der Waals surface area contributed by atoms with Gasteiger partial charge in [0.05, 0.1) is 0 Å². The number of carbonyl (C=O) groups is 1. The Morgan fingerprint density at radius 1 is 1.40 bits per heavy atom. The van der Waals surface area contributed by atoms with E-state index in [0.717, 1.165) is 0 Å². The van der Waals surface area contributed by atoms with Crippen molar-refractivity contribution >= 4 is 5.97 Å². The maximum absolute atomic E-state index is 11.1. The lowest BCUT2D eigenvalue weighted by Crippen LogP contribution is -2.35.